The zero-order valence-corrected chi connectivity index (χ0v) is 61.4. The van der Waals surface area contributed by atoms with Gasteiger partial charge in [-0.3, -0.25) is 4.90 Å². The van der Waals surface area contributed by atoms with Crippen molar-refractivity contribution in [2.45, 2.75) is 302 Å². The molecule has 0 unspecified atom stereocenters. The maximum atomic E-state index is 5.33. The summed E-state index contributed by atoms with van der Waals surface area (Å²) in [4.78, 5) is 62.9. The van der Waals surface area contributed by atoms with Gasteiger partial charge in [0, 0.05) is 147 Å². The highest BCUT2D eigenvalue weighted by atomic mass is 15.4. The number of rotatable bonds is 22. The van der Waals surface area contributed by atoms with Crippen molar-refractivity contribution >= 4 is 47.6 Å². The van der Waals surface area contributed by atoms with Crippen LogP contribution >= 0.6 is 0 Å². The van der Waals surface area contributed by atoms with Crippen LogP contribution in [0.4, 0.5) is 47.6 Å². The molecule has 8 rings (SSSR count). The van der Waals surface area contributed by atoms with Gasteiger partial charge in [-0.05, 0) is 223 Å². The molecule has 23 heteroatoms. The molecule has 508 valence electrons. The summed E-state index contributed by atoms with van der Waals surface area (Å²) in [6.45, 7) is 51.1. The van der Waals surface area contributed by atoms with E-state index in [0.717, 1.165) is 70.6 Å². The summed E-state index contributed by atoms with van der Waals surface area (Å²) in [5.41, 5.74) is -0.475. The van der Waals surface area contributed by atoms with Gasteiger partial charge in [-0.2, -0.15) is 44.9 Å². The number of piperidine rings is 5. The first-order valence-corrected chi connectivity index (χ1v) is 33.9. The topological polar surface area (TPSA) is 223 Å². The summed E-state index contributed by atoms with van der Waals surface area (Å²) in [7, 11) is 12.9. The molecule has 5 aliphatic rings. The Balaban J connectivity index is 1.05. The molecular weight excluding hydrogens is 1130 g/mol. The number of hydrogen-bond donors (Lipinski definition) is 7. The van der Waals surface area contributed by atoms with E-state index in [1.807, 2.05) is 6.92 Å². The number of nitrogens with zero attached hydrogens (tertiary/aromatic N) is 16. The van der Waals surface area contributed by atoms with Crippen LogP contribution in [0.2, 0.25) is 0 Å². The second-order valence-electron chi connectivity index (χ2n) is 35.0. The summed E-state index contributed by atoms with van der Waals surface area (Å²) in [5, 5.41) is 26.7. The van der Waals surface area contributed by atoms with Crippen molar-refractivity contribution in [1.82, 2.24) is 76.3 Å². The van der Waals surface area contributed by atoms with E-state index in [2.05, 4.69) is 252 Å². The van der Waals surface area contributed by atoms with Gasteiger partial charge in [-0.25, -0.2) is 0 Å². The van der Waals surface area contributed by atoms with Crippen LogP contribution in [0.3, 0.4) is 0 Å². The molecule has 0 aliphatic carbocycles. The minimum Gasteiger partial charge on any atom is -0.354 e. The average Bonchev–Trinajstić information content (AvgIpc) is 0.819. The second-order valence-corrected chi connectivity index (χ2v) is 35.0. The van der Waals surface area contributed by atoms with Crippen LogP contribution in [0, 0.1) is 6.92 Å². The number of hydrogen-bond acceptors (Lipinski definition) is 23. The molecule has 5 aliphatic heterocycles. The van der Waals surface area contributed by atoms with E-state index in [4.69, 9.17) is 44.9 Å². The summed E-state index contributed by atoms with van der Waals surface area (Å²) in [6.07, 6.45) is 10.4. The van der Waals surface area contributed by atoms with E-state index in [-0.39, 0.29) is 85.6 Å². The Labute approximate surface area is 544 Å². The predicted octanol–water partition coefficient (Wildman–Crippen LogP) is 8.59. The van der Waals surface area contributed by atoms with Crippen LogP contribution in [-0.4, -0.2) is 210 Å². The number of likely N-dealkylation sites (N-methyl/N-ethyl adjacent to an activating group) is 1. The molecule has 5 fully saturated rings. The fraction of sp³-hybridized carbons (Fsp3) is 0.866. The Morgan fingerprint density at radius 3 is 0.856 bits per heavy atom. The molecule has 0 saturated carbocycles. The molecule has 0 spiro atoms. The van der Waals surface area contributed by atoms with Gasteiger partial charge >= 0.3 is 0 Å². The van der Waals surface area contributed by atoms with Crippen molar-refractivity contribution < 1.29 is 0 Å². The Bertz CT molecular complexity index is 2710. The average molecular weight is 1250 g/mol. The Kier molecular flexibility index (Phi) is 20.4. The Morgan fingerprint density at radius 1 is 0.322 bits per heavy atom. The number of aryl methyl sites for hydroxylation is 1. The van der Waals surface area contributed by atoms with Crippen LogP contribution < -0.4 is 66.6 Å². The third kappa shape index (κ3) is 19.0. The predicted molar refractivity (Wildman–Crippen MR) is 374 cm³/mol. The van der Waals surface area contributed by atoms with E-state index in [1.54, 1.807) is 0 Å². The van der Waals surface area contributed by atoms with Crippen LogP contribution in [0.1, 0.15) is 215 Å². The molecule has 0 radical (unpaired) electrons. The van der Waals surface area contributed by atoms with Gasteiger partial charge in [0.25, 0.3) is 0 Å². The summed E-state index contributed by atoms with van der Waals surface area (Å²) >= 11 is 0. The lowest BCUT2D eigenvalue weighted by molar-refractivity contribution is 0.159. The lowest BCUT2D eigenvalue weighted by Gasteiger charge is -2.49. The van der Waals surface area contributed by atoms with Crippen LogP contribution in [0.5, 0.6) is 0 Å². The van der Waals surface area contributed by atoms with Crippen molar-refractivity contribution in [1.29, 1.82) is 0 Å². The van der Waals surface area contributed by atoms with Crippen LogP contribution in [0.15, 0.2) is 0 Å². The Morgan fingerprint density at radius 2 is 0.567 bits per heavy atom. The standard InChI is InChI=1S/C67H125N23/c1-44-70-52(85(23)45-33-58(2,3)79-59(4,5)34-45)78-57(71-44)90(30-28-29-68-50-72-53(86(24)46-35-60(6,7)80-61(8,9)36-46)76-54(73-50)87(25)47-37-62(10,11)81-63(12,13)38-47)32-31-84(22)43-69-51-74-55(88(26)48-39-64(14,15)82-65(16,17)40-48)77-56(75-51)89(27)49-41-66(18,19)83-67(20,21)42-49/h45-49,79-83H,28-43H2,1-27H3,(H,68,72,73,76)(H,69,74,75,77). The molecule has 0 amide bonds. The summed E-state index contributed by atoms with van der Waals surface area (Å²) < 4.78 is 0. The van der Waals surface area contributed by atoms with Gasteiger partial charge in [0.15, 0.2) is 0 Å². The maximum Gasteiger partial charge on any atom is 0.231 e. The Hall–Kier alpha value is -4.81. The summed E-state index contributed by atoms with van der Waals surface area (Å²) in [6, 6.07) is 1.16. The molecule has 3 aromatic heterocycles. The largest absolute Gasteiger partial charge is 0.354 e. The molecule has 90 heavy (non-hydrogen) atoms. The molecule has 0 aromatic carbocycles. The SMILES string of the molecule is Cc1nc(N(CCCNc2nc(N(C)C3CC(C)(C)NC(C)(C)C3)nc(N(C)C3CC(C)(C)NC(C)(C)C3)n2)CCN(C)CNc2nc(N(C)C3CC(C)(C)NC(C)(C)C3)nc(N(C)C3CC(C)(C)NC(C)(C)C3)n2)nc(N(C)C2CC(C)(C)NC(C)(C)C2)n1. The minimum absolute atomic E-state index is 0.0458. The lowest BCUT2D eigenvalue weighted by Crippen LogP contribution is -2.62. The van der Waals surface area contributed by atoms with Gasteiger partial charge in [0.1, 0.15) is 5.82 Å². The molecule has 3 aromatic rings. The van der Waals surface area contributed by atoms with E-state index < -0.39 is 0 Å². The second kappa shape index (κ2) is 25.8. The van der Waals surface area contributed by atoms with E-state index in [9.17, 15) is 0 Å². The highest BCUT2D eigenvalue weighted by Gasteiger charge is 2.45. The molecule has 0 bridgehead atoms. The molecule has 23 nitrogen and oxygen atoms in total. The fourth-order valence-electron chi connectivity index (χ4n) is 17.1. The van der Waals surface area contributed by atoms with Crippen molar-refractivity contribution in [3.8, 4) is 0 Å². The maximum absolute atomic E-state index is 5.33. The van der Waals surface area contributed by atoms with Crippen molar-refractivity contribution in [2.75, 3.05) is 115 Å². The smallest absolute Gasteiger partial charge is 0.231 e. The van der Waals surface area contributed by atoms with Gasteiger partial charge in [0.05, 0.1) is 6.67 Å². The van der Waals surface area contributed by atoms with Crippen molar-refractivity contribution in [3.63, 3.8) is 0 Å². The molecule has 7 N–H and O–H groups in total. The van der Waals surface area contributed by atoms with E-state index in [0.29, 0.717) is 86.3 Å². The zero-order valence-electron chi connectivity index (χ0n) is 61.4. The molecule has 8 heterocycles. The van der Waals surface area contributed by atoms with E-state index in [1.165, 1.54) is 0 Å². The first-order valence-electron chi connectivity index (χ1n) is 33.9. The van der Waals surface area contributed by atoms with Gasteiger partial charge in [-0.15, -0.1) is 0 Å². The fourth-order valence-corrected chi connectivity index (χ4v) is 17.1. The van der Waals surface area contributed by atoms with Crippen molar-refractivity contribution in [2.24, 2.45) is 0 Å². The highest BCUT2D eigenvalue weighted by molar-refractivity contribution is 5.48. The number of nitrogens with one attached hydrogen (secondary N) is 7. The highest BCUT2D eigenvalue weighted by Crippen LogP contribution is 2.39. The molecule has 0 atom stereocenters. The molecular formula is C67H125N23. The zero-order chi connectivity index (χ0) is 66.8. The number of anilines is 8. The third-order valence-corrected chi connectivity index (χ3v) is 19.5. The lowest BCUT2D eigenvalue weighted by atomic mass is 9.79. The normalized spacial score (nSPS) is 23.6. The van der Waals surface area contributed by atoms with E-state index >= 15 is 0 Å². The summed E-state index contributed by atoms with van der Waals surface area (Å²) in [5.74, 6) is 5.91. The number of aromatic nitrogens is 9. The first kappa shape index (κ1) is 71.0. The quantitative estimate of drug-likeness (QED) is 0.0370. The van der Waals surface area contributed by atoms with Gasteiger partial charge in [-0.1, -0.05) is 0 Å². The van der Waals surface area contributed by atoms with Gasteiger partial charge in [0.2, 0.25) is 47.6 Å². The van der Waals surface area contributed by atoms with Crippen LogP contribution in [0.25, 0.3) is 0 Å². The monoisotopic (exact) mass is 1250 g/mol. The van der Waals surface area contributed by atoms with Crippen LogP contribution in [-0.2, 0) is 0 Å². The first-order chi connectivity index (χ1) is 41.2. The third-order valence-electron chi connectivity index (χ3n) is 19.5. The molecule has 5 saturated heterocycles. The minimum atomic E-state index is -0.0481. The van der Waals surface area contributed by atoms with Crippen molar-refractivity contribution in [3.05, 3.63) is 5.82 Å². The van der Waals surface area contributed by atoms with Gasteiger partial charge < -0.3 is 66.6 Å².